The van der Waals surface area contributed by atoms with Gasteiger partial charge in [0.05, 0.1) is 6.20 Å². The molecule has 192 valence electrons. The summed E-state index contributed by atoms with van der Waals surface area (Å²) in [5.74, 6) is -2.68. The average molecular weight is 513 g/mol. The van der Waals surface area contributed by atoms with E-state index >= 15 is 4.39 Å². The largest absolute Gasteiger partial charge is 0.383 e. The Labute approximate surface area is 211 Å². The third kappa shape index (κ3) is 6.22. The maximum absolute atomic E-state index is 15.5. The number of hydrogen-bond donors (Lipinski definition) is 1. The zero-order chi connectivity index (χ0) is 26.5. The van der Waals surface area contributed by atoms with Crippen molar-refractivity contribution in [2.24, 2.45) is 0 Å². The summed E-state index contributed by atoms with van der Waals surface area (Å²) in [6.45, 7) is 6.46. The van der Waals surface area contributed by atoms with Gasteiger partial charge in [-0.15, -0.1) is 0 Å². The zero-order valence-corrected chi connectivity index (χ0v) is 20.1. The van der Waals surface area contributed by atoms with Crippen molar-refractivity contribution in [3.63, 3.8) is 0 Å². The Morgan fingerprint density at radius 1 is 0.946 bits per heavy atom. The highest BCUT2D eigenvalue weighted by atomic mass is 19.3. The quantitative estimate of drug-likeness (QED) is 0.243. The van der Waals surface area contributed by atoms with E-state index < -0.39 is 36.3 Å². The summed E-state index contributed by atoms with van der Waals surface area (Å²) < 4.78 is 69.8. The molecular formula is C28H25F5N4. The van der Waals surface area contributed by atoms with Gasteiger partial charge in [-0.1, -0.05) is 31.7 Å². The molecule has 0 bridgehead atoms. The summed E-state index contributed by atoms with van der Waals surface area (Å²) in [4.78, 5) is 4.28. The smallest absolute Gasteiger partial charge is 0.242 e. The van der Waals surface area contributed by atoms with Crippen molar-refractivity contribution in [1.82, 2.24) is 20.1 Å². The third-order valence-electron chi connectivity index (χ3n) is 5.95. The fourth-order valence-electron chi connectivity index (χ4n) is 4.04. The average Bonchev–Trinajstić information content (AvgIpc) is 3.32. The number of aryl methyl sites for hydroxylation is 1. The van der Waals surface area contributed by atoms with Gasteiger partial charge in [0.1, 0.15) is 11.9 Å². The van der Waals surface area contributed by atoms with Crippen molar-refractivity contribution in [3.05, 3.63) is 119 Å². The van der Waals surface area contributed by atoms with Gasteiger partial charge in [0.15, 0.2) is 11.6 Å². The fourth-order valence-corrected chi connectivity index (χ4v) is 4.04. The Bertz CT molecular complexity index is 1400. The second kappa shape index (κ2) is 11.4. The molecule has 0 radical (unpaired) electrons. The van der Waals surface area contributed by atoms with Gasteiger partial charge < -0.3 is 5.32 Å². The number of alkyl halides is 2. The predicted octanol–water partition coefficient (Wildman–Crippen LogP) is 6.63. The lowest BCUT2D eigenvalue weighted by Gasteiger charge is -2.23. The molecule has 0 saturated carbocycles. The van der Waals surface area contributed by atoms with E-state index in [1.165, 1.54) is 35.3 Å². The number of hydrogen-bond acceptors (Lipinski definition) is 3. The SMILES string of the molecule is C=C(NCc1ccnc(CC)c1)C(c1ccc(-c2ccc(F)c(F)c2)cc1F)n1cc(CC(F)F)cn1. The molecule has 0 aliphatic heterocycles. The van der Waals surface area contributed by atoms with Crippen LogP contribution >= 0.6 is 0 Å². The van der Waals surface area contributed by atoms with Crippen LogP contribution in [0.5, 0.6) is 0 Å². The minimum Gasteiger partial charge on any atom is -0.383 e. The first kappa shape index (κ1) is 26.1. The summed E-state index contributed by atoms with van der Waals surface area (Å²) in [6, 6.07) is 10.5. The minimum absolute atomic E-state index is 0.180. The lowest BCUT2D eigenvalue weighted by Crippen LogP contribution is -2.24. The second-order valence-electron chi connectivity index (χ2n) is 8.58. The van der Waals surface area contributed by atoms with Crippen LogP contribution in [0.15, 0.2) is 79.4 Å². The Kier molecular flexibility index (Phi) is 8.01. The first-order chi connectivity index (χ1) is 17.7. The van der Waals surface area contributed by atoms with Gasteiger partial charge in [-0.25, -0.2) is 22.0 Å². The summed E-state index contributed by atoms with van der Waals surface area (Å²) in [5, 5.41) is 7.40. The summed E-state index contributed by atoms with van der Waals surface area (Å²) in [7, 11) is 0. The van der Waals surface area contributed by atoms with Gasteiger partial charge in [-0.05, 0) is 59.0 Å². The Hall–Kier alpha value is -4.01. The lowest BCUT2D eigenvalue weighted by molar-refractivity contribution is 0.149. The zero-order valence-electron chi connectivity index (χ0n) is 20.1. The minimum atomic E-state index is -2.55. The number of aromatic nitrogens is 3. The molecule has 4 rings (SSSR count). The molecule has 4 aromatic rings. The molecular weight excluding hydrogens is 487 g/mol. The van der Waals surface area contributed by atoms with Crippen LogP contribution in [0.2, 0.25) is 0 Å². The van der Waals surface area contributed by atoms with Gasteiger partial charge in [0.2, 0.25) is 6.43 Å². The summed E-state index contributed by atoms with van der Waals surface area (Å²) in [6.07, 6.45) is 2.19. The summed E-state index contributed by atoms with van der Waals surface area (Å²) >= 11 is 0. The van der Waals surface area contributed by atoms with Crippen LogP contribution in [-0.4, -0.2) is 21.2 Å². The molecule has 0 fully saturated rings. The maximum atomic E-state index is 15.5. The molecule has 0 amide bonds. The molecule has 0 aliphatic carbocycles. The van der Waals surface area contributed by atoms with Crippen molar-refractivity contribution in [2.75, 3.05) is 0 Å². The molecule has 0 spiro atoms. The van der Waals surface area contributed by atoms with E-state index in [-0.39, 0.29) is 5.56 Å². The number of halogens is 5. The topological polar surface area (TPSA) is 42.7 Å². The molecule has 1 N–H and O–H groups in total. The van der Waals surface area contributed by atoms with Crippen LogP contribution in [0.25, 0.3) is 11.1 Å². The van der Waals surface area contributed by atoms with Crippen molar-refractivity contribution < 1.29 is 22.0 Å². The van der Waals surface area contributed by atoms with E-state index in [0.717, 1.165) is 29.8 Å². The summed E-state index contributed by atoms with van der Waals surface area (Å²) in [5.41, 5.74) is 3.39. The molecule has 4 nitrogen and oxygen atoms in total. The standard InChI is InChI=1S/C28H25F5N4/c1-3-22-10-18(8-9-34-22)14-35-17(2)28(37-16-19(15-36-37)11-27(32)33)23-6-4-20(12-25(23)30)21-5-7-24(29)26(31)13-21/h4-10,12-13,15-16,27-28,35H,2-3,11,14H2,1H3. The van der Waals surface area contributed by atoms with Crippen LogP contribution in [-0.2, 0) is 19.4 Å². The normalized spacial score (nSPS) is 12.1. The Morgan fingerprint density at radius 2 is 1.68 bits per heavy atom. The molecule has 1 atom stereocenters. The van der Waals surface area contributed by atoms with Gasteiger partial charge >= 0.3 is 0 Å². The van der Waals surface area contributed by atoms with E-state index in [2.05, 4.69) is 22.0 Å². The highest BCUT2D eigenvalue weighted by Gasteiger charge is 2.23. The van der Waals surface area contributed by atoms with Gasteiger partial charge in [0, 0.05) is 42.3 Å². The van der Waals surface area contributed by atoms with Crippen LogP contribution in [0.4, 0.5) is 22.0 Å². The molecule has 1 unspecified atom stereocenters. The van der Waals surface area contributed by atoms with Crippen molar-refractivity contribution in [1.29, 1.82) is 0 Å². The van der Waals surface area contributed by atoms with E-state index in [9.17, 15) is 17.6 Å². The number of pyridine rings is 1. The van der Waals surface area contributed by atoms with Crippen molar-refractivity contribution in [3.8, 4) is 11.1 Å². The number of nitrogens with one attached hydrogen (secondary N) is 1. The highest BCUT2D eigenvalue weighted by molar-refractivity contribution is 5.64. The first-order valence-electron chi connectivity index (χ1n) is 11.7. The van der Waals surface area contributed by atoms with E-state index in [0.29, 0.717) is 28.9 Å². The number of rotatable bonds is 10. The monoisotopic (exact) mass is 512 g/mol. The van der Waals surface area contributed by atoms with Crippen LogP contribution in [0.1, 0.15) is 35.3 Å². The molecule has 2 aromatic carbocycles. The van der Waals surface area contributed by atoms with E-state index in [4.69, 9.17) is 0 Å². The Balaban J connectivity index is 1.66. The third-order valence-corrected chi connectivity index (χ3v) is 5.95. The van der Waals surface area contributed by atoms with Crippen LogP contribution in [0, 0.1) is 17.5 Å². The van der Waals surface area contributed by atoms with Gasteiger partial charge in [-0.2, -0.15) is 5.10 Å². The van der Waals surface area contributed by atoms with E-state index in [1.54, 1.807) is 12.3 Å². The van der Waals surface area contributed by atoms with Gasteiger partial charge in [-0.3, -0.25) is 9.67 Å². The van der Waals surface area contributed by atoms with Gasteiger partial charge in [0.25, 0.3) is 0 Å². The number of benzene rings is 2. The molecule has 37 heavy (non-hydrogen) atoms. The van der Waals surface area contributed by atoms with Crippen LogP contribution in [0.3, 0.4) is 0 Å². The highest BCUT2D eigenvalue weighted by Crippen LogP contribution is 2.31. The lowest BCUT2D eigenvalue weighted by atomic mass is 9.98. The maximum Gasteiger partial charge on any atom is 0.242 e. The number of nitrogens with zero attached hydrogens (tertiary/aromatic N) is 3. The van der Waals surface area contributed by atoms with Crippen molar-refractivity contribution in [2.45, 2.75) is 38.8 Å². The molecule has 2 heterocycles. The Morgan fingerprint density at radius 3 is 2.35 bits per heavy atom. The van der Waals surface area contributed by atoms with Crippen molar-refractivity contribution >= 4 is 0 Å². The fraction of sp³-hybridized carbons (Fsp3) is 0.214. The number of allylic oxidation sites excluding steroid dienone is 1. The van der Waals surface area contributed by atoms with Crippen LogP contribution < -0.4 is 5.32 Å². The van der Waals surface area contributed by atoms with E-state index in [1.807, 2.05) is 19.1 Å². The molecule has 2 aromatic heterocycles. The molecule has 9 heteroatoms. The molecule has 0 saturated heterocycles. The predicted molar refractivity (Wildman–Crippen MR) is 131 cm³/mol. The second-order valence-corrected chi connectivity index (χ2v) is 8.58. The molecule has 0 aliphatic rings. The first-order valence-corrected chi connectivity index (χ1v) is 11.7.